The maximum atomic E-state index is 12.5. The number of ether oxygens (including phenoxy) is 2. The van der Waals surface area contributed by atoms with Crippen LogP contribution in [-0.4, -0.2) is 19.2 Å². The smallest absolute Gasteiger partial charge is 0.271 e. The molecule has 4 rings (SSSR count). The van der Waals surface area contributed by atoms with Gasteiger partial charge in [0, 0.05) is 31.8 Å². The number of rotatable bonds is 10. The van der Waals surface area contributed by atoms with E-state index in [1.54, 1.807) is 43.3 Å². The number of nitrogens with zero attached hydrogens (tertiary/aromatic N) is 1. The van der Waals surface area contributed by atoms with Gasteiger partial charge in [-0.15, -0.1) is 11.8 Å². The molecule has 194 valence electrons. The average molecular weight is 630 g/mol. The summed E-state index contributed by atoms with van der Waals surface area (Å²) in [7, 11) is 1.56. The third-order valence-electron chi connectivity index (χ3n) is 5.40. The zero-order chi connectivity index (χ0) is 26.9. The molecule has 0 saturated heterocycles. The number of thioether (sulfide) groups is 1. The first-order valence-corrected chi connectivity index (χ1v) is 14.0. The Bertz CT molecular complexity index is 1430. The van der Waals surface area contributed by atoms with Gasteiger partial charge in [0.2, 0.25) is 0 Å². The van der Waals surface area contributed by atoms with Crippen LogP contribution in [0.4, 0.5) is 0 Å². The lowest BCUT2D eigenvalue weighted by atomic mass is 10.1. The first kappa shape index (κ1) is 28.0. The highest BCUT2D eigenvalue weighted by Crippen LogP contribution is 2.37. The van der Waals surface area contributed by atoms with Crippen LogP contribution in [0.15, 0.2) is 99.4 Å². The van der Waals surface area contributed by atoms with Crippen molar-refractivity contribution in [3.8, 4) is 11.5 Å². The predicted molar refractivity (Wildman–Crippen MR) is 159 cm³/mol. The van der Waals surface area contributed by atoms with Crippen molar-refractivity contribution >= 4 is 63.0 Å². The van der Waals surface area contributed by atoms with Crippen molar-refractivity contribution in [2.45, 2.75) is 17.3 Å². The number of hydrogen-bond acceptors (Lipinski definition) is 5. The van der Waals surface area contributed by atoms with Gasteiger partial charge in [-0.05, 0) is 81.7 Å². The van der Waals surface area contributed by atoms with Crippen molar-refractivity contribution < 1.29 is 14.3 Å². The van der Waals surface area contributed by atoms with E-state index in [-0.39, 0.29) is 12.5 Å². The Hall–Kier alpha value is -2.97. The number of hydrazone groups is 1. The number of carbonyl (C=O) groups excluding carboxylic acids is 1. The average Bonchev–Trinajstić information content (AvgIpc) is 2.93. The minimum Gasteiger partial charge on any atom is -0.493 e. The normalized spacial score (nSPS) is 10.9. The third-order valence-corrected chi connectivity index (χ3v) is 7.69. The molecule has 0 heterocycles. The molecule has 5 nitrogen and oxygen atoms in total. The molecule has 0 aromatic heterocycles. The summed E-state index contributed by atoms with van der Waals surface area (Å²) < 4.78 is 12.1. The van der Waals surface area contributed by atoms with Gasteiger partial charge in [-0.1, -0.05) is 53.5 Å². The predicted octanol–water partition coefficient (Wildman–Crippen LogP) is 8.40. The second-order valence-electron chi connectivity index (χ2n) is 8.05. The van der Waals surface area contributed by atoms with E-state index >= 15 is 0 Å². The van der Waals surface area contributed by atoms with Crippen LogP contribution in [0.5, 0.6) is 11.5 Å². The third kappa shape index (κ3) is 7.77. The molecule has 0 spiro atoms. The molecule has 0 fully saturated rings. The molecular formula is C29H23BrCl2N2O3S. The molecule has 0 unspecified atom stereocenters. The first-order chi connectivity index (χ1) is 18.4. The molecule has 4 aromatic carbocycles. The maximum Gasteiger partial charge on any atom is 0.271 e. The van der Waals surface area contributed by atoms with Crippen molar-refractivity contribution in [2.24, 2.45) is 5.10 Å². The molecule has 0 atom stereocenters. The van der Waals surface area contributed by atoms with E-state index in [0.29, 0.717) is 32.1 Å². The lowest BCUT2D eigenvalue weighted by molar-refractivity contribution is 0.0955. The van der Waals surface area contributed by atoms with Crippen molar-refractivity contribution in [3.63, 3.8) is 0 Å². The van der Waals surface area contributed by atoms with Crippen LogP contribution in [-0.2, 0) is 12.4 Å². The van der Waals surface area contributed by atoms with Crippen LogP contribution >= 0.6 is 50.9 Å². The lowest BCUT2D eigenvalue weighted by Crippen LogP contribution is -2.17. The van der Waals surface area contributed by atoms with Crippen molar-refractivity contribution in [3.05, 3.63) is 122 Å². The van der Waals surface area contributed by atoms with Gasteiger partial charge in [0.15, 0.2) is 11.5 Å². The van der Waals surface area contributed by atoms with Gasteiger partial charge in [-0.3, -0.25) is 4.79 Å². The molecule has 38 heavy (non-hydrogen) atoms. The number of halogens is 3. The highest BCUT2D eigenvalue weighted by molar-refractivity contribution is 9.10. The van der Waals surface area contributed by atoms with Crippen LogP contribution in [0.1, 0.15) is 27.0 Å². The Morgan fingerprint density at radius 1 is 1.03 bits per heavy atom. The molecule has 4 aromatic rings. The summed E-state index contributed by atoms with van der Waals surface area (Å²) in [5, 5.41) is 5.45. The Labute approximate surface area is 244 Å². The van der Waals surface area contributed by atoms with Crippen LogP contribution < -0.4 is 14.9 Å². The minimum atomic E-state index is -0.302. The summed E-state index contributed by atoms with van der Waals surface area (Å²) in [6.45, 7) is 0.288. The molecule has 0 bridgehead atoms. The summed E-state index contributed by atoms with van der Waals surface area (Å²) in [6.07, 6.45) is 1.54. The Kier molecular flexibility index (Phi) is 10.1. The van der Waals surface area contributed by atoms with Gasteiger partial charge >= 0.3 is 0 Å². The standard InChI is InChI=1S/C29H23BrCl2N2O3S/c1-36-27-15-20(14-25(30)28(27)37-17-22-4-2-3-5-26(22)32)16-33-34-29(35)21-8-6-19(7-9-21)18-38-24-12-10-23(31)11-13-24/h2-16H,17-18H2,1H3,(H,34,35)/b33-16-. The summed E-state index contributed by atoms with van der Waals surface area (Å²) >= 11 is 17.4. The lowest BCUT2D eigenvalue weighted by Gasteiger charge is -2.14. The van der Waals surface area contributed by atoms with Crippen molar-refractivity contribution in [1.82, 2.24) is 5.43 Å². The molecule has 0 aliphatic heterocycles. The second-order valence-corrected chi connectivity index (χ2v) is 10.8. The molecule has 0 aliphatic rings. The monoisotopic (exact) mass is 628 g/mol. The molecular weight excluding hydrogens is 607 g/mol. The zero-order valence-electron chi connectivity index (χ0n) is 20.3. The Balaban J connectivity index is 1.33. The SMILES string of the molecule is COc1cc(/C=N\NC(=O)c2ccc(CSc3ccc(Cl)cc3)cc2)cc(Br)c1OCc1ccccc1Cl. The number of carbonyl (C=O) groups is 1. The van der Waals surface area contributed by atoms with E-state index in [2.05, 4.69) is 26.5 Å². The summed E-state index contributed by atoms with van der Waals surface area (Å²) in [6, 6.07) is 26.3. The quantitative estimate of drug-likeness (QED) is 0.109. The number of methoxy groups -OCH3 is 1. The molecule has 1 N–H and O–H groups in total. The van der Waals surface area contributed by atoms with Gasteiger partial charge < -0.3 is 9.47 Å². The molecule has 0 radical (unpaired) electrons. The van der Waals surface area contributed by atoms with Crippen LogP contribution in [0.3, 0.4) is 0 Å². The largest absolute Gasteiger partial charge is 0.493 e. The van der Waals surface area contributed by atoms with E-state index in [1.807, 2.05) is 66.7 Å². The van der Waals surface area contributed by atoms with E-state index < -0.39 is 0 Å². The highest BCUT2D eigenvalue weighted by atomic mass is 79.9. The van der Waals surface area contributed by atoms with E-state index in [0.717, 1.165) is 26.8 Å². The Morgan fingerprint density at radius 2 is 1.76 bits per heavy atom. The van der Waals surface area contributed by atoms with Crippen LogP contribution in [0.2, 0.25) is 10.0 Å². The van der Waals surface area contributed by atoms with Crippen LogP contribution in [0.25, 0.3) is 0 Å². The fourth-order valence-electron chi connectivity index (χ4n) is 3.40. The molecule has 0 saturated carbocycles. The van der Waals surface area contributed by atoms with Gasteiger partial charge in [-0.2, -0.15) is 5.10 Å². The maximum absolute atomic E-state index is 12.5. The molecule has 9 heteroatoms. The number of benzene rings is 4. The first-order valence-electron chi connectivity index (χ1n) is 11.5. The van der Waals surface area contributed by atoms with Gasteiger partial charge in [0.05, 0.1) is 17.8 Å². The summed E-state index contributed by atoms with van der Waals surface area (Å²) in [5.74, 6) is 1.55. The van der Waals surface area contributed by atoms with Crippen molar-refractivity contribution in [2.75, 3.05) is 7.11 Å². The Morgan fingerprint density at radius 3 is 2.47 bits per heavy atom. The zero-order valence-corrected chi connectivity index (χ0v) is 24.2. The fraction of sp³-hybridized carbons (Fsp3) is 0.103. The second kappa shape index (κ2) is 13.7. The topological polar surface area (TPSA) is 59.9 Å². The minimum absolute atomic E-state index is 0.288. The van der Waals surface area contributed by atoms with Crippen LogP contribution in [0, 0.1) is 0 Å². The van der Waals surface area contributed by atoms with Crippen molar-refractivity contribution in [1.29, 1.82) is 0 Å². The van der Waals surface area contributed by atoms with Gasteiger partial charge in [0.1, 0.15) is 6.61 Å². The summed E-state index contributed by atoms with van der Waals surface area (Å²) in [4.78, 5) is 13.7. The van der Waals surface area contributed by atoms with Gasteiger partial charge in [0.25, 0.3) is 5.91 Å². The number of hydrogen-bond donors (Lipinski definition) is 1. The number of nitrogens with one attached hydrogen (secondary N) is 1. The molecule has 0 aliphatic carbocycles. The molecule has 1 amide bonds. The fourth-order valence-corrected chi connectivity index (χ4v) is 5.14. The summed E-state index contributed by atoms with van der Waals surface area (Å²) in [5.41, 5.74) is 5.78. The van der Waals surface area contributed by atoms with E-state index in [9.17, 15) is 4.79 Å². The van der Waals surface area contributed by atoms with E-state index in [1.165, 1.54) is 0 Å². The van der Waals surface area contributed by atoms with E-state index in [4.69, 9.17) is 32.7 Å². The number of amides is 1. The highest BCUT2D eigenvalue weighted by Gasteiger charge is 2.13. The van der Waals surface area contributed by atoms with Gasteiger partial charge in [-0.25, -0.2) is 5.43 Å².